The third-order valence-corrected chi connectivity index (χ3v) is 11.4. The zero-order valence-electron chi connectivity index (χ0n) is 19.1. The molecule has 0 saturated heterocycles. The molecule has 0 radical (unpaired) electrons. The normalized spacial score (nSPS) is 34.1. The summed E-state index contributed by atoms with van der Waals surface area (Å²) in [6, 6.07) is 3.14. The van der Waals surface area contributed by atoms with E-state index in [-0.39, 0.29) is 18.0 Å². The summed E-state index contributed by atoms with van der Waals surface area (Å²) in [5.41, 5.74) is 0.443. The lowest BCUT2D eigenvalue weighted by atomic mass is 9.93. The van der Waals surface area contributed by atoms with Gasteiger partial charge in [-0.05, 0) is 82.2 Å². The highest BCUT2D eigenvalue weighted by molar-refractivity contribution is 6.73. The first kappa shape index (κ1) is 25.1. The summed E-state index contributed by atoms with van der Waals surface area (Å²) in [6.45, 7) is 14.7. The van der Waals surface area contributed by atoms with Crippen LogP contribution in [0.4, 0.5) is 0 Å². The van der Waals surface area contributed by atoms with E-state index < -0.39 is 20.0 Å². The van der Waals surface area contributed by atoms with Gasteiger partial charge in [-0.3, -0.25) is 0 Å². The van der Waals surface area contributed by atoms with Gasteiger partial charge in [-0.15, -0.1) is 0 Å². The molecule has 0 spiro atoms. The summed E-state index contributed by atoms with van der Waals surface area (Å²) in [4.78, 5) is 12.4. The van der Waals surface area contributed by atoms with Gasteiger partial charge in [0.25, 0.3) is 0 Å². The van der Waals surface area contributed by atoms with Crippen molar-refractivity contribution in [1.82, 2.24) is 0 Å². The third kappa shape index (κ3) is 7.49. The highest BCUT2D eigenvalue weighted by atomic mass is 28.4. The maximum atomic E-state index is 12.4. The van der Waals surface area contributed by atoms with Gasteiger partial charge in [-0.25, -0.2) is 4.79 Å². The van der Waals surface area contributed by atoms with Gasteiger partial charge in [0.1, 0.15) is 6.10 Å². The molecule has 28 heavy (non-hydrogen) atoms. The number of cyclic esters (lactones) is 1. The molecule has 4 atom stereocenters. The number of aliphatic hydroxyl groups excluding tert-OH is 1. The Labute approximate surface area is 173 Å². The number of carbonyl (C=O) groups is 1. The zero-order valence-corrected chi connectivity index (χ0v) is 20.1. The molecule has 1 aliphatic heterocycles. The first-order valence-electron chi connectivity index (χ1n) is 11.0. The van der Waals surface area contributed by atoms with E-state index in [0.717, 1.165) is 36.5 Å². The van der Waals surface area contributed by atoms with Crippen molar-refractivity contribution in [3.05, 3.63) is 23.8 Å². The van der Waals surface area contributed by atoms with Crippen LogP contribution in [0.1, 0.15) is 74.1 Å². The minimum absolute atomic E-state index is 0.138. The first-order chi connectivity index (χ1) is 13.1. The smallest absolute Gasteiger partial charge is 0.330 e. The summed E-state index contributed by atoms with van der Waals surface area (Å²) in [5.74, 6) is -0.0419. The standard InChI is InChI=1S/C23H42O4Si/c1-8-28(9-2,10-3)27-23(7)16-14-21(24)19(5)13-11-12-18(4)20(6)26-22(25)15-17-23/h13,15,17-18,20-21,24H,8-12,14,16H2,1-7H3/b17-15+,19-13+/t18-,20+,21-,23+/m0/s1. The minimum Gasteiger partial charge on any atom is -0.459 e. The quantitative estimate of drug-likeness (QED) is 0.355. The predicted molar refractivity (Wildman–Crippen MR) is 119 cm³/mol. The Kier molecular flexibility index (Phi) is 10.2. The van der Waals surface area contributed by atoms with Crippen molar-refractivity contribution in [3.63, 3.8) is 0 Å². The van der Waals surface area contributed by atoms with Crippen molar-refractivity contribution < 1.29 is 19.1 Å². The van der Waals surface area contributed by atoms with Crippen molar-refractivity contribution >= 4 is 14.3 Å². The van der Waals surface area contributed by atoms with Crippen LogP contribution >= 0.6 is 0 Å². The van der Waals surface area contributed by atoms with Crippen LogP contribution in [-0.4, -0.2) is 37.2 Å². The van der Waals surface area contributed by atoms with E-state index in [4.69, 9.17) is 9.16 Å². The second kappa shape index (κ2) is 11.3. The SMILES string of the molecule is CC[Si](CC)(CC)O[C@@]1(C)/C=C/C(=O)O[C@H](C)[C@@H](C)CC/C=C(\C)[C@@H](O)CC1. The van der Waals surface area contributed by atoms with Gasteiger partial charge in [-0.2, -0.15) is 0 Å². The molecule has 0 bridgehead atoms. The molecule has 0 fully saturated rings. The Morgan fingerprint density at radius 1 is 1.21 bits per heavy atom. The highest BCUT2D eigenvalue weighted by Gasteiger charge is 2.37. The van der Waals surface area contributed by atoms with Crippen LogP contribution in [0.2, 0.25) is 18.1 Å². The van der Waals surface area contributed by atoms with Gasteiger partial charge in [0.2, 0.25) is 0 Å². The minimum atomic E-state index is -1.87. The summed E-state index contributed by atoms with van der Waals surface area (Å²) in [7, 11) is -1.87. The molecular weight excluding hydrogens is 368 g/mol. The molecule has 1 N–H and O–H groups in total. The van der Waals surface area contributed by atoms with Gasteiger partial charge in [-0.1, -0.05) is 33.8 Å². The van der Waals surface area contributed by atoms with E-state index in [0.29, 0.717) is 12.8 Å². The van der Waals surface area contributed by atoms with Crippen LogP contribution in [0.25, 0.3) is 0 Å². The second-order valence-electron chi connectivity index (χ2n) is 8.69. The van der Waals surface area contributed by atoms with Gasteiger partial charge in [0.05, 0.1) is 11.7 Å². The van der Waals surface area contributed by atoms with Crippen molar-refractivity contribution in [2.75, 3.05) is 0 Å². The van der Waals surface area contributed by atoms with Crippen LogP contribution in [-0.2, 0) is 14.0 Å². The van der Waals surface area contributed by atoms with E-state index in [1.165, 1.54) is 6.08 Å². The Morgan fingerprint density at radius 3 is 2.39 bits per heavy atom. The molecular formula is C23H42O4Si. The lowest BCUT2D eigenvalue weighted by Gasteiger charge is -2.39. The van der Waals surface area contributed by atoms with Gasteiger partial charge in [0, 0.05) is 6.08 Å². The van der Waals surface area contributed by atoms with Crippen LogP contribution in [0, 0.1) is 5.92 Å². The van der Waals surface area contributed by atoms with Crippen LogP contribution in [0.15, 0.2) is 23.8 Å². The molecule has 0 amide bonds. The number of ether oxygens (including phenoxy) is 1. The number of aliphatic hydroxyl groups is 1. The number of hydrogen-bond acceptors (Lipinski definition) is 4. The Bertz CT molecular complexity index is 545. The number of esters is 1. The fraction of sp³-hybridized carbons (Fsp3) is 0.783. The maximum absolute atomic E-state index is 12.4. The van der Waals surface area contributed by atoms with Crippen molar-refractivity contribution in [2.45, 2.75) is 110 Å². The molecule has 1 aliphatic rings. The average molecular weight is 411 g/mol. The Hall–Kier alpha value is -0.913. The van der Waals surface area contributed by atoms with E-state index in [1.807, 2.05) is 26.8 Å². The monoisotopic (exact) mass is 410 g/mol. The van der Waals surface area contributed by atoms with Gasteiger partial charge < -0.3 is 14.3 Å². The number of hydrogen-bond donors (Lipinski definition) is 1. The van der Waals surface area contributed by atoms with Crippen molar-refractivity contribution in [2.24, 2.45) is 5.92 Å². The lowest BCUT2D eigenvalue weighted by Crippen LogP contribution is -2.45. The van der Waals surface area contributed by atoms with Crippen LogP contribution in [0.5, 0.6) is 0 Å². The third-order valence-electron chi connectivity index (χ3n) is 6.59. The van der Waals surface area contributed by atoms with E-state index >= 15 is 0 Å². The first-order valence-corrected chi connectivity index (χ1v) is 13.6. The number of carbonyl (C=O) groups excluding carboxylic acids is 1. The zero-order chi connectivity index (χ0) is 21.4. The molecule has 1 heterocycles. The fourth-order valence-corrected chi connectivity index (χ4v) is 6.90. The molecule has 0 unspecified atom stereocenters. The second-order valence-corrected chi connectivity index (χ2v) is 13.4. The highest BCUT2D eigenvalue weighted by Crippen LogP contribution is 2.32. The van der Waals surface area contributed by atoms with E-state index in [9.17, 15) is 9.90 Å². The Balaban J connectivity index is 3.16. The molecule has 0 aromatic carbocycles. The molecule has 1 rings (SSSR count). The lowest BCUT2D eigenvalue weighted by molar-refractivity contribution is -0.144. The molecule has 162 valence electrons. The van der Waals surface area contributed by atoms with Crippen LogP contribution < -0.4 is 0 Å². The van der Waals surface area contributed by atoms with E-state index in [1.54, 1.807) is 0 Å². The predicted octanol–water partition coefficient (Wildman–Crippen LogP) is 5.77. The van der Waals surface area contributed by atoms with Crippen molar-refractivity contribution in [3.8, 4) is 0 Å². The number of rotatable bonds is 5. The molecule has 4 nitrogen and oxygen atoms in total. The fourth-order valence-electron chi connectivity index (χ4n) is 3.81. The largest absolute Gasteiger partial charge is 0.459 e. The topological polar surface area (TPSA) is 55.8 Å². The molecule has 0 saturated carbocycles. The molecule has 0 aromatic heterocycles. The molecule has 0 aliphatic carbocycles. The van der Waals surface area contributed by atoms with Gasteiger partial charge >= 0.3 is 5.97 Å². The van der Waals surface area contributed by atoms with E-state index in [2.05, 4.69) is 33.8 Å². The van der Waals surface area contributed by atoms with Gasteiger partial charge in [0.15, 0.2) is 8.32 Å². The summed E-state index contributed by atoms with van der Waals surface area (Å²) < 4.78 is 12.4. The Morgan fingerprint density at radius 2 is 1.82 bits per heavy atom. The molecule has 5 heteroatoms. The maximum Gasteiger partial charge on any atom is 0.330 e. The summed E-state index contributed by atoms with van der Waals surface area (Å²) >= 11 is 0. The van der Waals surface area contributed by atoms with Crippen molar-refractivity contribution in [1.29, 1.82) is 0 Å². The average Bonchev–Trinajstić information content (AvgIpc) is 2.68. The molecule has 0 aromatic rings. The number of allylic oxidation sites excluding steroid dienone is 1. The van der Waals surface area contributed by atoms with Crippen LogP contribution in [0.3, 0.4) is 0 Å². The summed E-state index contributed by atoms with van der Waals surface area (Å²) in [5, 5.41) is 10.6. The summed E-state index contributed by atoms with van der Waals surface area (Å²) in [6.07, 6.45) is 8.01.